The molecule has 2 amide bonds. The lowest BCUT2D eigenvalue weighted by atomic mass is 9.99. The molecule has 1 saturated heterocycles. The summed E-state index contributed by atoms with van der Waals surface area (Å²) < 4.78 is 12.5. The molecule has 7 heteroatoms. The smallest absolute Gasteiger partial charge is 0.318 e. The van der Waals surface area contributed by atoms with E-state index in [1.807, 2.05) is 83.8 Å². The van der Waals surface area contributed by atoms with Crippen LogP contribution in [0.25, 0.3) is 10.2 Å². The molecule has 0 atom stereocenters. The van der Waals surface area contributed by atoms with Crippen LogP contribution in [-0.2, 0) is 0 Å². The average Bonchev–Trinajstić information content (AvgIpc) is 3.30. The highest BCUT2D eigenvalue weighted by atomic mass is 32.1. The first-order valence-corrected chi connectivity index (χ1v) is 12.3. The highest BCUT2D eigenvalue weighted by Crippen LogP contribution is 2.32. The zero-order valence-corrected chi connectivity index (χ0v) is 19.8. The molecule has 1 fully saturated rings. The van der Waals surface area contributed by atoms with E-state index in [-0.39, 0.29) is 18.2 Å². The number of hydrogen-bond donors (Lipinski definition) is 1. The second kappa shape index (κ2) is 10.1. The Balaban J connectivity index is 1.20. The van der Waals surface area contributed by atoms with Gasteiger partial charge in [0.25, 0.3) is 5.19 Å². The average molecular weight is 474 g/mol. The number of benzene rings is 3. The third-order valence-corrected chi connectivity index (χ3v) is 7.03. The first-order valence-electron chi connectivity index (χ1n) is 11.5. The highest BCUT2D eigenvalue weighted by molar-refractivity contribution is 7.20. The van der Waals surface area contributed by atoms with E-state index >= 15 is 0 Å². The van der Waals surface area contributed by atoms with Gasteiger partial charge in [-0.05, 0) is 23.3 Å². The number of urea groups is 1. The highest BCUT2D eigenvalue weighted by Gasteiger charge is 2.27. The van der Waals surface area contributed by atoms with Crippen LogP contribution in [0.4, 0.5) is 4.79 Å². The molecule has 1 aliphatic heterocycles. The van der Waals surface area contributed by atoms with Crippen LogP contribution in [0.3, 0.4) is 0 Å². The standard InChI is InChI=1S/C27H27N3O3S/c1-32-22-12-13-24-23(18-22)28-27(34-24)33-21-14-16-30(17-15-21)26(31)29-25(19-8-4-2-5-9-19)20-10-6-3-7-11-20/h2-13,18,21,25H,14-17H2,1H3,(H,29,31). The van der Waals surface area contributed by atoms with Gasteiger partial charge >= 0.3 is 6.03 Å². The Morgan fingerprint density at radius 3 is 2.26 bits per heavy atom. The molecule has 0 unspecified atom stereocenters. The van der Waals surface area contributed by atoms with Gasteiger partial charge in [0.05, 0.1) is 23.4 Å². The molecule has 174 valence electrons. The Hall–Kier alpha value is -3.58. The van der Waals surface area contributed by atoms with Gasteiger partial charge < -0.3 is 19.7 Å². The van der Waals surface area contributed by atoms with E-state index in [2.05, 4.69) is 10.3 Å². The van der Waals surface area contributed by atoms with Crippen molar-refractivity contribution in [2.45, 2.75) is 25.0 Å². The molecule has 5 rings (SSSR count). The molecular formula is C27H27N3O3S. The van der Waals surface area contributed by atoms with Crippen molar-refractivity contribution in [3.8, 4) is 10.9 Å². The quantitative estimate of drug-likeness (QED) is 0.393. The molecule has 4 aromatic rings. The summed E-state index contributed by atoms with van der Waals surface area (Å²) in [7, 11) is 1.65. The molecular weight excluding hydrogens is 446 g/mol. The predicted molar refractivity (Wildman–Crippen MR) is 135 cm³/mol. The van der Waals surface area contributed by atoms with Crippen molar-refractivity contribution < 1.29 is 14.3 Å². The van der Waals surface area contributed by atoms with Gasteiger partial charge in [-0.25, -0.2) is 9.78 Å². The van der Waals surface area contributed by atoms with Crippen molar-refractivity contribution in [1.29, 1.82) is 0 Å². The van der Waals surface area contributed by atoms with Gasteiger partial charge in [-0.2, -0.15) is 0 Å². The van der Waals surface area contributed by atoms with E-state index in [0.717, 1.165) is 39.9 Å². The normalized spacial score (nSPS) is 14.4. The summed E-state index contributed by atoms with van der Waals surface area (Å²) >= 11 is 1.54. The number of amides is 2. The van der Waals surface area contributed by atoms with Crippen LogP contribution in [0.5, 0.6) is 10.9 Å². The van der Waals surface area contributed by atoms with Gasteiger partial charge in [-0.3, -0.25) is 0 Å². The maximum atomic E-state index is 13.1. The van der Waals surface area contributed by atoms with Crippen molar-refractivity contribution in [3.05, 3.63) is 90.0 Å². The first-order chi connectivity index (χ1) is 16.7. The lowest BCUT2D eigenvalue weighted by Crippen LogP contribution is -2.47. The molecule has 1 N–H and O–H groups in total. The molecule has 0 saturated carbocycles. The minimum atomic E-state index is -0.191. The van der Waals surface area contributed by atoms with Crippen molar-refractivity contribution in [3.63, 3.8) is 0 Å². The molecule has 1 aliphatic rings. The van der Waals surface area contributed by atoms with Gasteiger partial charge in [0.15, 0.2) is 0 Å². The SMILES string of the molecule is COc1ccc2sc(OC3CCN(C(=O)NC(c4ccccc4)c4ccccc4)CC3)nc2c1. The Morgan fingerprint density at radius 2 is 1.65 bits per heavy atom. The molecule has 1 aromatic heterocycles. The van der Waals surface area contributed by atoms with Crippen LogP contribution in [0.2, 0.25) is 0 Å². The zero-order valence-electron chi connectivity index (χ0n) is 19.0. The first kappa shape index (κ1) is 22.2. The van der Waals surface area contributed by atoms with Crippen molar-refractivity contribution in [2.24, 2.45) is 0 Å². The number of thiazole rings is 1. The number of nitrogens with one attached hydrogen (secondary N) is 1. The van der Waals surface area contributed by atoms with Crippen molar-refractivity contribution in [2.75, 3.05) is 20.2 Å². The maximum Gasteiger partial charge on any atom is 0.318 e. The molecule has 6 nitrogen and oxygen atoms in total. The van der Waals surface area contributed by atoms with Gasteiger partial charge in [-0.15, -0.1) is 0 Å². The molecule has 0 radical (unpaired) electrons. The third kappa shape index (κ3) is 4.99. The summed E-state index contributed by atoms with van der Waals surface area (Å²) in [6.45, 7) is 1.29. The second-order valence-corrected chi connectivity index (χ2v) is 9.31. The molecule has 34 heavy (non-hydrogen) atoms. The Bertz CT molecular complexity index is 1200. The fourth-order valence-corrected chi connectivity index (χ4v) is 5.11. The topological polar surface area (TPSA) is 63.7 Å². The molecule has 3 aromatic carbocycles. The van der Waals surface area contributed by atoms with Crippen molar-refractivity contribution >= 4 is 27.6 Å². The summed E-state index contributed by atoms with van der Waals surface area (Å²) in [4.78, 5) is 19.6. The Morgan fingerprint density at radius 1 is 1.00 bits per heavy atom. The van der Waals surface area contributed by atoms with E-state index in [1.54, 1.807) is 7.11 Å². The van der Waals surface area contributed by atoms with E-state index in [1.165, 1.54) is 11.3 Å². The molecule has 0 spiro atoms. The number of piperidine rings is 1. The minimum Gasteiger partial charge on any atom is -0.497 e. The number of carbonyl (C=O) groups excluding carboxylic acids is 1. The fraction of sp³-hybridized carbons (Fsp3) is 0.259. The van der Waals surface area contributed by atoms with E-state index in [4.69, 9.17) is 9.47 Å². The predicted octanol–water partition coefficient (Wildman–Crippen LogP) is 5.65. The van der Waals surface area contributed by atoms with Crippen LogP contribution < -0.4 is 14.8 Å². The van der Waals surface area contributed by atoms with E-state index < -0.39 is 0 Å². The zero-order chi connectivity index (χ0) is 23.3. The number of ether oxygens (including phenoxy) is 2. The number of likely N-dealkylation sites (tertiary alicyclic amines) is 1. The number of hydrogen-bond acceptors (Lipinski definition) is 5. The monoisotopic (exact) mass is 473 g/mol. The molecule has 2 heterocycles. The van der Waals surface area contributed by atoms with Gasteiger partial charge in [0.2, 0.25) is 0 Å². The van der Waals surface area contributed by atoms with Gasteiger partial charge in [0.1, 0.15) is 11.9 Å². The van der Waals surface area contributed by atoms with Crippen LogP contribution in [0.15, 0.2) is 78.9 Å². The number of rotatable bonds is 6. The van der Waals surface area contributed by atoms with Crippen LogP contribution in [0.1, 0.15) is 30.0 Å². The summed E-state index contributed by atoms with van der Waals surface area (Å²) in [6, 6.07) is 25.8. The third-order valence-electron chi connectivity index (χ3n) is 6.11. The number of methoxy groups -OCH3 is 1. The second-order valence-electron chi connectivity index (χ2n) is 8.32. The maximum absolute atomic E-state index is 13.1. The van der Waals surface area contributed by atoms with E-state index in [0.29, 0.717) is 18.3 Å². The summed E-state index contributed by atoms with van der Waals surface area (Å²) in [6.07, 6.45) is 1.59. The number of fused-ring (bicyclic) bond motifs is 1. The fourth-order valence-electron chi connectivity index (χ4n) is 4.25. The lowest BCUT2D eigenvalue weighted by molar-refractivity contribution is 0.110. The Kier molecular flexibility index (Phi) is 6.62. The van der Waals surface area contributed by atoms with Gasteiger partial charge in [0, 0.05) is 32.0 Å². The van der Waals surface area contributed by atoms with Crippen LogP contribution >= 0.6 is 11.3 Å². The minimum absolute atomic E-state index is 0.0468. The van der Waals surface area contributed by atoms with Crippen LogP contribution in [0, 0.1) is 0 Å². The van der Waals surface area contributed by atoms with Gasteiger partial charge in [-0.1, -0.05) is 72.0 Å². The number of nitrogens with zero attached hydrogens (tertiary/aromatic N) is 2. The summed E-state index contributed by atoms with van der Waals surface area (Å²) in [5, 5.41) is 3.90. The number of aromatic nitrogens is 1. The largest absolute Gasteiger partial charge is 0.497 e. The lowest BCUT2D eigenvalue weighted by Gasteiger charge is -2.33. The summed E-state index contributed by atoms with van der Waals surface area (Å²) in [5.74, 6) is 0.785. The molecule has 0 aliphatic carbocycles. The summed E-state index contributed by atoms with van der Waals surface area (Å²) in [5.41, 5.74) is 3.00. The number of carbonyl (C=O) groups is 1. The Labute approximate surface area is 203 Å². The van der Waals surface area contributed by atoms with Crippen molar-refractivity contribution in [1.82, 2.24) is 15.2 Å². The molecule has 0 bridgehead atoms. The van der Waals surface area contributed by atoms with Crippen LogP contribution in [-0.4, -0.2) is 42.2 Å². The van der Waals surface area contributed by atoms with E-state index in [9.17, 15) is 4.79 Å².